The molecule has 0 spiro atoms. The number of H-pyrrole nitrogens is 1. The molecule has 2 N–H and O–H groups in total. The van der Waals surface area contributed by atoms with Crippen LogP contribution < -0.4 is 11.4 Å². The Morgan fingerprint density at radius 1 is 1.20 bits per heavy atom. The Hall–Kier alpha value is -3.02. The van der Waals surface area contributed by atoms with Crippen LogP contribution >= 0.6 is 0 Å². The molecule has 6 nitrogen and oxygen atoms in total. The van der Waals surface area contributed by atoms with E-state index < -0.39 is 11.4 Å². The molecule has 2 aromatic rings. The van der Waals surface area contributed by atoms with Crippen LogP contribution in [0.15, 0.2) is 58.2 Å². The van der Waals surface area contributed by atoms with E-state index in [-0.39, 0.29) is 16.9 Å². The van der Waals surface area contributed by atoms with Crippen molar-refractivity contribution in [1.29, 1.82) is 0 Å². The van der Waals surface area contributed by atoms with Gasteiger partial charge >= 0.3 is 11.4 Å². The lowest BCUT2D eigenvalue weighted by molar-refractivity contribution is 0.469. The molecular formula is C19H21N3O3. The van der Waals surface area contributed by atoms with Crippen LogP contribution in [0.3, 0.4) is 0 Å². The Balaban J connectivity index is 2.16. The molecule has 1 heterocycles. The average Bonchev–Trinajstić information content (AvgIpc) is 2.74. The van der Waals surface area contributed by atoms with Crippen molar-refractivity contribution in [2.24, 2.45) is 5.41 Å². The van der Waals surface area contributed by atoms with Crippen LogP contribution in [0, 0.1) is 5.41 Å². The first-order valence-corrected chi connectivity index (χ1v) is 8.18. The van der Waals surface area contributed by atoms with Gasteiger partial charge in [0.1, 0.15) is 11.4 Å². The van der Waals surface area contributed by atoms with Crippen molar-refractivity contribution in [3.8, 4) is 11.4 Å². The highest BCUT2D eigenvalue weighted by atomic mass is 16.3. The topological polar surface area (TPSA) is 80.0 Å². The van der Waals surface area contributed by atoms with Gasteiger partial charge in [0.2, 0.25) is 0 Å². The van der Waals surface area contributed by atoms with Gasteiger partial charge in [0, 0.05) is 5.41 Å². The first-order valence-electron chi connectivity index (χ1n) is 8.18. The van der Waals surface area contributed by atoms with E-state index in [1.165, 1.54) is 6.07 Å². The number of aromatic amines is 1. The fraction of sp³-hybridized carbons (Fsp3) is 0.263. The lowest BCUT2D eigenvalue weighted by atomic mass is 9.93. The molecule has 6 heteroatoms. The molecule has 1 aliphatic carbocycles. The highest BCUT2D eigenvalue weighted by Gasteiger charge is 2.17. The van der Waals surface area contributed by atoms with Gasteiger partial charge in [-0.1, -0.05) is 45.1 Å². The number of aromatic nitrogens is 3. The van der Waals surface area contributed by atoms with Gasteiger partial charge in [-0.25, -0.2) is 19.3 Å². The number of phenols is 1. The van der Waals surface area contributed by atoms with Gasteiger partial charge in [0.05, 0.1) is 5.70 Å². The lowest BCUT2D eigenvalue weighted by Crippen LogP contribution is -2.27. The number of nitrogens with one attached hydrogen (secondary N) is 1. The molecule has 1 aliphatic rings. The molecule has 0 atom stereocenters. The molecule has 25 heavy (non-hydrogen) atoms. The molecule has 0 radical (unpaired) electrons. The summed E-state index contributed by atoms with van der Waals surface area (Å²) in [5, 5.41) is 12.6. The van der Waals surface area contributed by atoms with Gasteiger partial charge in [-0.3, -0.25) is 0 Å². The Morgan fingerprint density at radius 3 is 2.68 bits per heavy atom. The fourth-order valence-electron chi connectivity index (χ4n) is 2.69. The number of hydrogen-bond donors (Lipinski definition) is 2. The minimum atomic E-state index is -0.560. The standard InChI is InChI=1S/C19H21N3O3/c1-4-13-7-8-16(23)15(12-13)22-18(25)21(17(24)20-22)14-6-5-10-19(2,3)11-9-14/h5-12,23H,4H2,1-3H3,(H,20,24). The van der Waals surface area contributed by atoms with Crippen LogP contribution in [-0.4, -0.2) is 19.5 Å². The van der Waals surface area contributed by atoms with E-state index in [0.717, 1.165) is 21.2 Å². The molecule has 1 aromatic heterocycles. The van der Waals surface area contributed by atoms with Gasteiger partial charge in [-0.05, 0) is 36.3 Å². The Morgan fingerprint density at radius 2 is 1.96 bits per heavy atom. The third-order valence-electron chi connectivity index (χ3n) is 4.22. The van der Waals surface area contributed by atoms with Crippen molar-refractivity contribution >= 4 is 5.70 Å². The summed E-state index contributed by atoms with van der Waals surface area (Å²) in [7, 11) is 0. The highest BCUT2D eigenvalue weighted by molar-refractivity contribution is 5.60. The van der Waals surface area contributed by atoms with Crippen molar-refractivity contribution in [2.75, 3.05) is 0 Å². The second kappa shape index (κ2) is 6.12. The number of allylic oxidation sites excluding steroid dienone is 6. The van der Waals surface area contributed by atoms with Gasteiger partial charge in [0.15, 0.2) is 0 Å². The molecule has 0 unspecified atom stereocenters. The summed E-state index contributed by atoms with van der Waals surface area (Å²) in [6.45, 7) is 6.04. The maximum Gasteiger partial charge on any atom is 0.356 e. The zero-order valence-electron chi connectivity index (χ0n) is 14.5. The van der Waals surface area contributed by atoms with E-state index in [1.807, 2.05) is 39.0 Å². The van der Waals surface area contributed by atoms with Crippen molar-refractivity contribution in [1.82, 2.24) is 14.3 Å². The third kappa shape index (κ3) is 3.15. The van der Waals surface area contributed by atoms with E-state index in [1.54, 1.807) is 24.3 Å². The zero-order chi connectivity index (χ0) is 18.2. The summed E-state index contributed by atoms with van der Waals surface area (Å²) in [4.78, 5) is 25.2. The van der Waals surface area contributed by atoms with Crippen LogP contribution in [0.2, 0.25) is 0 Å². The largest absolute Gasteiger partial charge is 0.506 e. The first kappa shape index (κ1) is 16.8. The third-order valence-corrected chi connectivity index (χ3v) is 4.22. The molecule has 3 rings (SSSR count). The quantitative estimate of drug-likeness (QED) is 0.902. The molecule has 0 saturated heterocycles. The maximum atomic E-state index is 12.8. The number of nitrogens with zero attached hydrogens (tertiary/aromatic N) is 2. The fourth-order valence-corrected chi connectivity index (χ4v) is 2.69. The maximum absolute atomic E-state index is 12.8. The summed E-state index contributed by atoms with van der Waals surface area (Å²) >= 11 is 0. The Bertz CT molecular complexity index is 1010. The summed E-state index contributed by atoms with van der Waals surface area (Å²) < 4.78 is 2.13. The predicted molar refractivity (Wildman–Crippen MR) is 98.0 cm³/mol. The summed E-state index contributed by atoms with van der Waals surface area (Å²) in [6.07, 6.45) is 9.97. The molecule has 0 saturated carbocycles. The predicted octanol–water partition coefficient (Wildman–Crippen LogP) is 2.59. The van der Waals surface area contributed by atoms with E-state index in [4.69, 9.17) is 0 Å². The first-order chi connectivity index (χ1) is 11.8. The van der Waals surface area contributed by atoms with Crippen molar-refractivity contribution in [3.63, 3.8) is 0 Å². The minimum absolute atomic E-state index is 0.0703. The highest BCUT2D eigenvalue weighted by Crippen LogP contribution is 2.24. The number of aryl methyl sites for hydroxylation is 1. The van der Waals surface area contributed by atoms with Gasteiger partial charge in [0.25, 0.3) is 0 Å². The normalized spacial score (nSPS) is 15.9. The van der Waals surface area contributed by atoms with E-state index >= 15 is 0 Å². The van der Waals surface area contributed by atoms with Crippen LogP contribution in [-0.2, 0) is 6.42 Å². The van der Waals surface area contributed by atoms with E-state index in [0.29, 0.717) is 5.70 Å². The van der Waals surface area contributed by atoms with Gasteiger partial charge < -0.3 is 5.11 Å². The average molecular weight is 339 g/mol. The van der Waals surface area contributed by atoms with Crippen LogP contribution in [0.4, 0.5) is 0 Å². The smallest absolute Gasteiger partial charge is 0.356 e. The summed E-state index contributed by atoms with van der Waals surface area (Å²) in [5.74, 6) is -0.0703. The van der Waals surface area contributed by atoms with Gasteiger partial charge in [-0.2, -0.15) is 4.68 Å². The number of aromatic hydroxyl groups is 1. The monoisotopic (exact) mass is 339 g/mol. The van der Waals surface area contributed by atoms with Gasteiger partial charge in [-0.15, -0.1) is 0 Å². The second-order valence-corrected chi connectivity index (χ2v) is 6.65. The molecule has 0 bridgehead atoms. The van der Waals surface area contributed by atoms with Crippen LogP contribution in [0.5, 0.6) is 5.75 Å². The van der Waals surface area contributed by atoms with Crippen molar-refractivity contribution < 1.29 is 5.11 Å². The Labute approximate surface area is 145 Å². The second-order valence-electron chi connectivity index (χ2n) is 6.65. The molecular weight excluding hydrogens is 318 g/mol. The SMILES string of the molecule is CCc1ccc(O)c(-n2[nH]c(=O)n(C3=CC=CC(C)(C)C=C3)c2=O)c1. The van der Waals surface area contributed by atoms with E-state index in [2.05, 4.69) is 5.10 Å². The van der Waals surface area contributed by atoms with Crippen molar-refractivity contribution in [3.05, 3.63) is 75.1 Å². The minimum Gasteiger partial charge on any atom is -0.506 e. The molecule has 1 aromatic carbocycles. The summed E-state index contributed by atoms with van der Waals surface area (Å²) in [6, 6.07) is 4.99. The van der Waals surface area contributed by atoms with Crippen LogP contribution in [0.1, 0.15) is 26.3 Å². The number of rotatable bonds is 3. The number of phenolic OH excluding ortho intramolecular Hbond substituents is 1. The lowest BCUT2D eigenvalue weighted by Gasteiger charge is -2.12. The number of benzene rings is 1. The molecule has 0 aliphatic heterocycles. The molecule has 0 amide bonds. The zero-order valence-corrected chi connectivity index (χ0v) is 14.5. The number of hydrogen-bond acceptors (Lipinski definition) is 3. The van der Waals surface area contributed by atoms with Crippen molar-refractivity contribution in [2.45, 2.75) is 27.2 Å². The van der Waals surface area contributed by atoms with E-state index in [9.17, 15) is 14.7 Å². The Kier molecular flexibility index (Phi) is 4.12. The van der Waals surface area contributed by atoms with Crippen LogP contribution in [0.25, 0.3) is 11.4 Å². The molecule has 130 valence electrons. The molecule has 0 fully saturated rings. The summed E-state index contributed by atoms with van der Waals surface area (Å²) in [5.41, 5.74) is 0.400.